The summed E-state index contributed by atoms with van der Waals surface area (Å²) >= 11 is 0. The fourth-order valence-corrected chi connectivity index (χ4v) is 3.20. The standard InChI is InChI=1S/C17H29N3O/c1-13(2)21-16-10-15(11-19-12-16)17(20-18)9-14-7-5-3-4-6-8-14/h10-14,17,20H,3-9,18H2,1-2H3. The van der Waals surface area contributed by atoms with Gasteiger partial charge in [-0.05, 0) is 37.8 Å². The molecule has 3 N–H and O–H groups in total. The van der Waals surface area contributed by atoms with Crippen LogP contribution in [0.1, 0.15) is 70.4 Å². The van der Waals surface area contributed by atoms with Crippen LogP contribution in [-0.2, 0) is 0 Å². The van der Waals surface area contributed by atoms with Gasteiger partial charge in [0.2, 0.25) is 0 Å². The van der Waals surface area contributed by atoms with Crippen molar-refractivity contribution in [2.45, 2.75) is 70.9 Å². The van der Waals surface area contributed by atoms with Gasteiger partial charge in [-0.3, -0.25) is 16.3 Å². The lowest BCUT2D eigenvalue weighted by atomic mass is 9.90. The average molecular weight is 291 g/mol. The van der Waals surface area contributed by atoms with Crippen molar-refractivity contribution >= 4 is 0 Å². The highest BCUT2D eigenvalue weighted by molar-refractivity contribution is 5.26. The first-order valence-corrected chi connectivity index (χ1v) is 8.26. The second-order valence-corrected chi connectivity index (χ2v) is 6.43. The third-order valence-electron chi connectivity index (χ3n) is 4.25. The molecular formula is C17H29N3O. The predicted octanol–water partition coefficient (Wildman–Crippen LogP) is 3.73. The van der Waals surface area contributed by atoms with E-state index in [1.54, 1.807) is 6.20 Å². The summed E-state index contributed by atoms with van der Waals surface area (Å²) in [4.78, 5) is 4.30. The van der Waals surface area contributed by atoms with E-state index in [1.165, 1.54) is 38.5 Å². The molecule has 0 amide bonds. The monoisotopic (exact) mass is 291 g/mol. The zero-order valence-corrected chi connectivity index (χ0v) is 13.3. The molecule has 1 aliphatic carbocycles. The molecule has 118 valence electrons. The van der Waals surface area contributed by atoms with E-state index in [0.717, 1.165) is 23.7 Å². The van der Waals surface area contributed by atoms with Crippen LogP contribution >= 0.6 is 0 Å². The maximum Gasteiger partial charge on any atom is 0.138 e. The van der Waals surface area contributed by atoms with Gasteiger partial charge in [-0.25, -0.2) is 0 Å². The highest BCUT2D eigenvalue weighted by Gasteiger charge is 2.19. The number of nitrogens with zero attached hydrogens (tertiary/aromatic N) is 1. The Hall–Kier alpha value is -1.13. The summed E-state index contributed by atoms with van der Waals surface area (Å²) in [6.07, 6.45) is 13.1. The lowest BCUT2D eigenvalue weighted by Gasteiger charge is -2.22. The van der Waals surface area contributed by atoms with Gasteiger partial charge in [-0.15, -0.1) is 0 Å². The number of rotatable bonds is 6. The molecule has 4 nitrogen and oxygen atoms in total. The molecule has 0 saturated heterocycles. The van der Waals surface area contributed by atoms with Gasteiger partial charge < -0.3 is 4.74 Å². The second-order valence-electron chi connectivity index (χ2n) is 6.43. The SMILES string of the molecule is CC(C)Oc1cncc(C(CC2CCCCCC2)NN)c1. The van der Waals surface area contributed by atoms with Gasteiger partial charge in [0.1, 0.15) is 5.75 Å². The molecule has 1 aliphatic rings. The van der Waals surface area contributed by atoms with Crippen LogP contribution < -0.4 is 16.0 Å². The molecule has 1 aromatic rings. The fraction of sp³-hybridized carbons (Fsp3) is 0.706. The molecule has 0 aliphatic heterocycles. The molecule has 1 heterocycles. The molecule has 1 aromatic heterocycles. The minimum Gasteiger partial charge on any atom is -0.489 e. The highest BCUT2D eigenvalue weighted by atomic mass is 16.5. The van der Waals surface area contributed by atoms with Crippen LogP contribution in [0.3, 0.4) is 0 Å². The van der Waals surface area contributed by atoms with Crippen LogP contribution in [0, 0.1) is 5.92 Å². The van der Waals surface area contributed by atoms with Gasteiger partial charge in [0.15, 0.2) is 0 Å². The van der Waals surface area contributed by atoms with Crippen molar-refractivity contribution < 1.29 is 4.74 Å². The van der Waals surface area contributed by atoms with E-state index >= 15 is 0 Å². The number of hydrogen-bond acceptors (Lipinski definition) is 4. The topological polar surface area (TPSA) is 60.2 Å². The van der Waals surface area contributed by atoms with Crippen LogP contribution in [0.2, 0.25) is 0 Å². The number of hydrazine groups is 1. The van der Waals surface area contributed by atoms with E-state index in [2.05, 4.69) is 16.5 Å². The summed E-state index contributed by atoms with van der Waals surface area (Å²) in [7, 11) is 0. The first-order chi connectivity index (χ1) is 10.2. The van der Waals surface area contributed by atoms with Gasteiger partial charge in [0.25, 0.3) is 0 Å². The van der Waals surface area contributed by atoms with Crippen LogP contribution in [0.4, 0.5) is 0 Å². The average Bonchev–Trinajstić information content (AvgIpc) is 2.73. The first-order valence-electron chi connectivity index (χ1n) is 8.26. The number of nitrogens with one attached hydrogen (secondary N) is 1. The minimum atomic E-state index is 0.160. The molecule has 1 unspecified atom stereocenters. The van der Waals surface area contributed by atoms with Gasteiger partial charge in [-0.1, -0.05) is 38.5 Å². The maximum atomic E-state index is 5.79. The van der Waals surface area contributed by atoms with Crippen molar-refractivity contribution in [2.24, 2.45) is 11.8 Å². The number of ether oxygens (including phenoxy) is 1. The maximum absolute atomic E-state index is 5.79. The zero-order valence-electron chi connectivity index (χ0n) is 13.3. The Labute approximate surface area is 128 Å². The summed E-state index contributed by atoms with van der Waals surface area (Å²) in [6.45, 7) is 4.05. The van der Waals surface area contributed by atoms with E-state index in [-0.39, 0.29) is 12.1 Å². The molecule has 4 heteroatoms. The molecule has 1 saturated carbocycles. The lowest BCUT2D eigenvalue weighted by molar-refractivity contribution is 0.240. The number of pyridine rings is 1. The molecule has 2 rings (SSSR count). The number of nitrogens with two attached hydrogens (primary N) is 1. The van der Waals surface area contributed by atoms with Gasteiger partial charge >= 0.3 is 0 Å². The molecular weight excluding hydrogens is 262 g/mol. The third kappa shape index (κ3) is 5.29. The van der Waals surface area contributed by atoms with Gasteiger partial charge in [0.05, 0.1) is 12.3 Å². The number of hydrogen-bond donors (Lipinski definition) is 2. The summed E-state index contributed by atoms with van der Waals surface area (Å²) in [6, 6.07) is 2.23. The van der Waals surface area contributed by atoms with E-state index in [1.807, 2.05) is 20.0 Å². The van der Waals surface area contributed by atoms with Crippen LogP contribution in [0.25, 0.3) is 0 Å². The van der Waals surface area contributed by atoms with Gasteiger partial charge in [-0.2, -0.15) is 0 Å². The fourth-order valence-electron chi connectivity index (χ4n) is 3.20. The van der Waals surface area contributed by atoms with Crippen LogP contribution in [-0.4, -0.2) is 11.1 Å². The van der Waals surface area contributed by atoms with Crippen molar-refractivity contribution in [2.75, 3.05) is 0 Å². The Morgan fingerprint density at radius 3 is 2.57 bits per heavy atom. The van der Waals surface area contributed by atoms with Crippen molar-refractivity contribution in [3.8, 4) is 5.75 Å². The van der Waals surface area contributed by atoms with E-state index in [0.29, 0.717) is 0 Å². The molecule has 1 fully saturated rings. The summed E-state index contributed by atoms with van der Waals surface area (Å²) in [5.41, 5.74) is 4.10. The minimum absolute atomic E-state index is 0.160. The van der Waals surface area contributed by atoms with E-state index < -0.39 is 0 Å². The predicted molar refractivity (Wildman–Crippen MR) is 85.9 cm³/mol. The third-order valence-corrected chi connectivity index (χ3v) is 4.25. The Bertz CT molecular complexity index is 414. The smallest absolute Gasteiger partial charge is 0.138 e. The molecule has 0 bridgehead atoms. The Morgan fingerprint density at radius 1 is 1.24 bits per heavy atom. The Balaban J connectivity index is 2.02. The summed E-state index contributed by atoms with van der Waals surface area (Å²) in [5.74, 6) is 7.38. The summed E-state index contributed by atoms with van der Waals surface area (Å²) in [5, 5.41) is 0. The molecule has 0 spiro atoms. The molecule has 21 heavy (non-hydrogen) atoms. The number of aromatic nitrogens is 1. The summed E-state index contributed by atoms with van der Waals surface area (Å²) < 4.78 is 5.73. The first kappa shape index (κ1) is 16.2. The normalized spacial score (nSPS) is 18.5. The van der Waals surface area contributed by atoms with Crippen LogP contribution in [0.5, 0.6) is 5.75 Å². The highest BCUT2D eigenvalue weighted by Crippen LogP contribution is 2.31. The Kier molecular flexibility index (Phi) is 6.46. The van der Waals surface area contributed by atoms with E-state index in [9.17, 15) is 0 Å². The van der Waals surface area contributed by atoms with Crippen molar-refractivity contribution in [3.63, 3.8) is 0 Å². The zero-order chi connectivity index (χ0) is 15.1. The Morgan fingerprint density at radius 2 is 1.95 bits per heavy atom. The van der Waals surface area contributed by atoms with Crippen molar-refractivity contribution in [3.05, 3.63) is 24.0 Å². The van der Waals surface area contributed by atoms with Crippen LogP contribution in [0.15, 0.2) is 18.5 Å². The molecule has 0 radical (unpaired) electrons. The van der Waals surface area contributed by atoms with Gasteiger partial charge in [0, 0.05) is 12.2 Å². The largest absolute Gasteiger partial charge is 0.489 e. The van der Waals surface area contributed by atoms with E-state index in [4.69, 9.17) is 10.6 Å². The quantitative estimate of drug-likeness (QED) is 0.476. The van der Waals surface area contributed by atoms with Crippen molar-refractivity contribution in [1.29, 1.82) is 0 Å². The molecule has 1 atom stereocenters. The second kappa shape index (κ2) is 8.35. The molecule has 0 aromatic carbocycles. The lowest BCUT2D eigenvalue weighted by Crippen LogP contribution is -2.30. The van der Waals surface area contributed by atoms with Crippen molar-refractivity contribution in [1.82, 2.24) is 10.4 Å².